The number of nitrogens with zero attached hydrogens (tertiary/aromatic N) is 3. The third-order valence-corrected chi connectivity index (χ3v) is 6.32. The Morgan fingerprint density at radius 1 is 1.00 bits per heavy atom. The van der Waals surface area contributed by atoms with E-state index in [9.17, 15) is 14.7 Å². The summed E-state index contributed by atoms with van der Waals surface area (Å²) in [6.07, 6.45) is 1.03. The van der Waals surface area contributed by atoms with E-state index in [-0.39, 0.29) is 11.8 Å². The van der Waals surface area contributed by atoms with Crippen LogP contribution in [0, 0.1) is 0 Å². The van der Waals surface area contributed by atoms with Crippen molar-refractivity contribution in [3.8, 4) is 11.5 Å². The number of fused-ring (bicyclic) bond motifs is 1. The van der Waals surface area contributed by atoms with Crippen molar-refractivity contribution in [2.24, 2.45) is 0 Å². The Morgan fingerprint density at radius 3 is 2.39 bits per heavy atom. The second kappa shape index (κ2) is 7.51. The Labute approximate surface area is 188 Å². The van der Waals surface area contributed by atoms with E-state index in [0.717, 1.165) is 0 Å². The van der Waals surface area contributed by atoms with Gasteiger partial charge in [0.25, 0.3) is 11.8 Å². The monoisotopic (exact) mass is 459 g/mol. The SMILES string of the molecule is O=C(c1ccc(-c2nc3ccc(Cl)cc3o2)c(Cl)c1)N1CCN(C(=O)C2(O)CC2)CC1. The molecule has 1 aliphatic carbocycles. The maximum atomic E-state index is 12.9. The van der Waals surface area contributed by atoms with Crippen LogP contribution in [0.4, 0.5) is 0 Å². The number of aromatic nitrogens is 1. The molecule has 0 bridgehead atoms. The first-order chi connectivity index (χ1) is 14.8. The Morgan fingerprint density at radius 2 is 1.71 bits per heavy atom. The highest BCUT2D eigenvalue weighted by Crippen LogP contribution is 2.37. The molecule has 1 N–H and O–H groups in total. The van der Waals surface area contributed by atoms with Gasteiger partial charge < -0.3 is 19.3 Å². The molecule has 2 aromatic carbocycles. The summed E-state index contributed by atoms with van der Waals surface area (Å²) in [4.78, 5) is 32.9. The van der Waals surface area contributed by atoms with Crippen LogP contribution in [0.1, 0.15) is 23.2 Å². The number of amides is 2. The lowest BCUT2D eigenvalue weighted by Gasteiger charge is -2.35. The smallest absolute Gasteiger partial charge is 0.254 e. The molecule has 2 amide bonds. The fraction of sp³-hybridized carbons (Fsp3) is 0.318. The summed E-state index contributed by atoms with van der Waals surface area (Å²) in [5, 5.41) is 10.9. The highest BCUT2D eigenvalue weighted by Gasteiger charge is 2.50. The second-order valence-corrected chi connectivity index (χ2v) is 8.79. The van der Waals surface area contributed by atoms with Crippen molar-refractivity contribution in [2.45, 2.75) is 18.4 Å². The number of aliphatic hydroxyl groups is 1. The number of carbonyl (C=O) groups is 2. The van der Waals surface area contributed by atoms with Crippen LogP contribution in [0.2, 0.25) is 10.0 Å². The van der Waals surface area contributed by atoms with E-state index in [4.69, 9.17) is 27.6 Å². The maximum absolute atomic E-state index is 12.9. The first kappa shape index (κ1) is 20.3. The van der Waals surface area contributed by atoms with Gasteiger partial charge in [-0.15, -0.1) is 0 Å². The molecule has 2 fully saturated rings. The molecule has 9 heteroatoms. The summed E-state index contributed by atoms with van der Waals surface area (Å²) < 4.78 is 5.77. The molecule has 1 saturated heterocycles. The van der Waals surface area contributed by atoms with E-state index >= 15 is 0 Å². The second-order valence-electron chi connectivity index (χ2n) is 7.94. The zero-order valence-corrected chi connectivity index (χ0v) is 18.0. The normalized spacial score (nSPS) is 17.8. The summed E-state index contributed by atoms with van der Waals surface area (Å²) in [7, 11) is 0. The number of oxazole rings is 1. The van der Waals surface area contributed by atoms with E-state index in [0.29, 0.717) is 77.2 Å². The summed E-state index contributed by atoms with van der Waals surface area (Å²) in [5.41, 5.74) is 1.08. The minimum Gasteiger partial charge on any atom is -0.436 e. The van der Waals surface area contributed by atoms with Crippen LogP contribution in [0.15, 0.2) is 40.8 Å². The van der Waals surface area contributed by atoms with Gasteiger partial charge in [0.05, 0.1) is 10.6 Å². The predicted octanol–water partition coefficient (Wildman–Crippen LogP) is 3.61. The van der Waals surface area contributed by atoms with Crippen LogP contribution in [0.5, 0.6) is 0 Å². The van der Waals surface area contributed by atoms with Crippen molar-refractivity contribution < 1.29 is 19.1 Å². The largest absolute Gasteiger partial charge is 0.436 e. The Hall–Kier alpha value is -2.61. The molecule has 0 radical (unpaired) electrons. The highest BCUT2D eigenvalue weighted by atomic mass is 35.5. The topological polar surface area (TPSA) is 86.9 Å². The molecule has 2 aliphatic rings. The molecular weight excluding hydrogens is 441 g/mol. The average Bonchev–Trinajstić information content (AvgIpc) is 3.39. The molecule has 3 aromatic rings. The fourth-order valence-corrected chi connectivity index (χ4v) is 4.18. The minimum absolute atomic E-state index is 0.157. The molecule has 1 saturated carbocycles. The van der Waals surface area contributed by atoms with Crippen molar-refractivity contribution in [1.82, 2.24) is 14.8 Å². The van der Waals surface area contributed by atoms with Gasteiger partial charge in [0.2, 0.25) is 5.89 Å². The van der Waals surface area contributed by atoms with Crippen LogP contribution < -0.4 is 0 Å². The molecule has 5 rings (SSSR count). The molecule has 7 nitrogen and oxygen atoms in total. The van der Waals surface area contributed by atoms with Crippen LogP contribution in [0.25, 0.3) is 22.6 Å². The number of hydrogen-bond acceptors (Lipinski definition) is 5. The van der Waals surface area contributed by atoms with Crippen LogP contribution in [-0.2, 0) is 4.79 Å². The quantitative estimate of drug-likeness (QED) is 0.646. The van der Waals surface area contributed by atoms with E-state index in [1.165, 1.54) is 0 Å². The highest BCUT2D eigenvalue weighted by molar-refractivity contribution is 6.33. The first-order valence-corrected chi connectivity index (χ1v) is 10.8. The van der Waals surface area contributed by atoms with Crippen molar-refractivity contribution >= 4 is 46.1 Å². The molecule has 0 spiro atoms. The zero-order valence-electron chi connectivity index (χ0n) is 16.5. The van der Waals surface area contributed by atoms with E-state index < -0.39 is 5.60 Å². The zero-order chi connectivity index (χ0) is 21.8. The number of hydrogen-bond donors (Lipinski definition) is 1. The number of rotatable bonds is 3. The van der Waals surface area contributed by atoms with Crippen LogP contribution in [0.3, 0.4) is 0 Å². The molecule has 160 valence electrons. The summed E-state index contributed by atoms with van der Waals surface area (Å²) in [6, 6.07) is 10.2. The van der Waals surface area contributed by atoms with Gasteiger partial charge in [-0.3, -0.25) is 9.59 Å². The van der Waals surface area contributed by atoms with E-state index in [2.05, 4.69) is 4.98 Å². The van der Waals surface area contributed by atoms with Gasteiger partial charge >= 0.3 is 0 Å². The van der Waals surface area contributed by atoms with Crippen molar-refractivity contribution in [3.05, 3.63) is 52.0 Å². The van der Waals surface area contributed by atoms with Gasteiger partial charge in [-0.25, -0.2) is 4.98 Å². The fourth-order valence-electron chi connectivity index (χ4n) is 3.76. The number of benzene rings is 2. The van der Waals surface area contributed by atoms with E-state index in [1.54, 1.807) is 46.2 Å². The number of carbonyl (C=O) groups excluding carboxylic acids is 2. The lowest BCUT2D eigenvalue weighted by molar-refractivity contribution is -0.143. The van der Waals surface area contributed by atoms with Crippen molar-refractivity contribution in [3.63, 3.8) is 0 Å². The van der Waals surface area contributed by atoms with E-state index in [1.807, 2.05) is 0 Å². The van der Waals surface area contributed by atoms with Gasteiger partial charge in [0.1, 0.15) is 11.1 Å². The Kier molecular flexibility index (Phi) is 4.92. The molecule has 0 unspecified atom stereocenters. The first-order valence-electron chi connectivity index (χ1n) is 10.0. The molecule has 1 aromatic heterocycles. The molecule has 31 heavy (non-hydrogen) atoms. The van der Waals surface area contributed by atoms with Gasteiger partial charge in [-0.1, -0.05) is 23.2 Å². The van der Waals surface area contributed by atoms with Crippen molar-refractivity contribution in [1.29, 1.82) is 0 Å². The van der Waals surface area contributed by atoms with Crippen molar-refractivity contribution in [2.75, 3.05) is 26.2 Å². The average molecular weight is 460 g/mol. The molecule has 0 atom stereocenters. The minimum atomic E-state index is -1.18. The summed E-state index contributed by atoms with van der Waals surface area (Å²) >= 11 is 12.4. The van der Waals surface area contributed by atoms with Gasteiger partial charge in [0, 0.05) is 42.8 Å². The Bertz CT molecular complexity index is 1200. The maximum Gasteiger partial charge on any atom is 0.254 e. The third kappa shape index (κ3) is 3.78. The standard InChI is InChI=1S/C22H19Cl2N3O4/c23-14-2-4-17-18(12-14)31-19(25-17)15-3-1-13(11-16(15)24)20(28)26-7-9-27(10-8-26)21(29)22(30)5-6-22/h1-4,11-12,30H,5-10H2. The number of piperazine rings is 1. The Balaban J connectivity index is 1.30. The summed E-state index contributed by atoms with van der Waals surface area (Å²) in [5.74, 6) is -0.0342. The molecule has 2 heterocycles. The van der Waals surface area contributed by atoms with Gasteiger partial charge in [0.15, 0.2) is 5.58 Å². The summed E-state index contributed by atoms with van der Waals surface area (Å²) in [6.45, 7) is 1.63. The molecular formula is C22H19Cl2N3O4. The van der Waals surface area contributed by atoms with Gasteiger partial charge in [-0.2, -0.15) is 0 Å². The predicted molar refractivity (Wildman–Crippen MR) is 116 cm³/mol. The molecule has 1 aliphatic heterocycles. The van der Waals surface area contributed by atoms with Crippen LogP contribution >= 0.6 is 23.2 Å². The third-order valence-electron chi connectivity index (χ3n) is 5.77. The lowest BCUT2D eigenvalue weighted by atomic mass is 10.1. The number of halogens is 2. The van der Waals surface area contributed by atoms with Crippen LogP contribution in [-0.4, -0.2) is 63.5 Å². The lowest BCUT2D eigenvalue weighted by Crippen LogP contribution is -2.53. The van der Waals surface area contributed by atoms with Gasteiger partial charge in [-0.05, 0) is 43.2 Å².